The minimum Gasteiger partial charge on any atom is -0.481 e. The lowest BCUT2D eigenvalue weighted by molar-refractivity contribution is 0.322. The van der Waals surface area contributed by atoms with Crippen molar-refractivity contribution in [3.8, 4) is 5.88 Å². The van der Waals surface area contributed by atoms with E-state index in [0.717, 1.165) is 5.56 Å². The summed E-state index contributed by atoms with van der Waals surface area (Å²) in [7, 11) is 1.58. The van der Waals surface area contributed by atoms with Crippen LogP contribution in [0.15, 0.2) is 22.9 Å². The van der Waals surface area contributed by atoms with Crippen LogP contribution in [0.4, 0.5) is 0 Å². The summed E-state index contributed by atoms with van der Waals surface area (Å²) >= 11 is 0. The smallest absolute Gasteiger partial charge is 0.243 e. The molecular weight excluding hydrogens is 244 g/mol. The molecule has 0 bridgehead atoms. The predicted octanol–water partition coefficient (Wildman–Crippen LogP) is 1.72. The van der Waals surface area contributed by atoms with Crippen molar-refractivity contribution >= 4 is 0 Å². The van der Waals surface area contributed by atoms with Crippen LogP contribution >= 0.6 is 0 Å². The van der Waals surface area contributed by atoms with Gasteiger partial charge in [-0.05, 0) is 11.5 Å². The van der Waals surface area contributed by atoms with E-state index in [1.54, 1.807) is 19.4 Å². The third kappa shape index (κ3) is 3.29. The summed E-state index contributed by atoms with van der Waals surface area (Å²) < 4.78 is 10.2. The summed E-state index contributed by atoms with van der Waals surface area (Å²) in [6, 6.07) is 3.50. The second-order valence-corrected chi connectivity index (χ2v) is 4.70. The number of nitrogens with zero attached hydrogens (tertiary/aromatic N) is 3. The number of nitrogens with two attached hydrogens (primary N) is 1. The van der Waals surface area contributed by atoms with E-state index < -0.39 is 0 Å². The number of rotatable bonds is 5. The zero-order valence-corrected chi connectivity index (χ0v) is 11.3. The van der Waals surface area contributed by atoms with Crippen molar-refractivity contribution < 1.29 is 9.26 Å². The van der Waals surface area contributed by atoms with Crippen molar-refractivity contribution in [2.24, 2.45) is 11.7 Å². The lowest BCUT2D eigenvalue weighted by Gasteiger charge is -2.09. The van der Waals surface area contributed by atoms with Crippen molar-refractivity contribution in [3.63, 3.8) is 0 Å². The van der Waals surface area contributed by atoms with Crippen LogP contribution in [0.25, 0.3) is 0 Å². The highest BCUT2D eigenvalue weighted by atomic mass is 16.5. The van der Waals surface area contributed by atoms with Crippen LogP contribution in [0.2, 0.25) is 0 Å². The highest BCUT2D eigenvalue weighted by Crippen LogP contribution is 2.17. The molecule has 0 aromatic carbocycles. The Kier molecular flexibility index (Phi) is 4.11. The van der Waals surface area contributed by atoms with Crippen molar-refractivity contribution in [1.29, 1.82) is 0 Å². The molecule has 0 aliphatic rings. The van der Waals surface area contributed by atoms with Crippen molar-refractivity contribution in [2.45, 2.75) is 26.3 Å². The SMILES string of the molecule is COc1ccc(Cc2noc(C(N)C(C)C)n2)cn1. The third-order valence-corrected chi connectivity index (χ3v) is 2.86. The van der Waals surface area contributed by atoms with Gasteiger partial charge >= 0.3 is 0 Å². The van der Waals surface area contributed by atoms with E-state index in [-0.39, 0.29) is 12.0 Å². The van der Waals surface area contributed by atoms with Crippen LogP contribution in [0.1, 0.15) is 37.2 Å². The molecule has 6 heteroatoms. The van der Waals surface area contributed by atoms with Crippen LogP contribution in [0.3, 0.4) is 0 Å². The van der Waals surface area contributed by atoms with E-state index in [1.807, 2.05) is 19.9 Å². The molecule has 0 amide bonds. The van der Waals surface area contributed by atoms with E-state index in [1.165, 1.54) is 0 Å². The summed E-state index contributed by atoms with van der Waals surface area (Å²) in [4.78, 5) is 8.44. The molecule has 0 radical (unpaired) electrons. The maximum Gasteiger partial charge on any atom is 0.243 e. The van der Waals surface area contributed by atoms with Crippen LogP contribution in [0.5, 0.6) is 5.88 Å². The summed E-state index contributed by atoms with van der Waals surface area (Å²) in [5.74, 6) is 1.93. The number of hydrogen-bond acceptors (Lipinski definition) is 6. The number of ether oxygens (including phenoxy) is 1. The molecule has 2 aromatic heterocycles. The van der Waals surface area contributed by atoms with Gasteiger partial charge in [0.05, 0.1) is 13.2 Å². The van der Waals surface area contributed by atoms with Gasteiger partial charge in [-0.15, -0.1) is 0 Å². The maximum atomic E-state index is 5.96. The van der Waals surface area contributed by atoms with E-state index in [4.69, 9.17) is 15.0 Å². The van der Waals surface area contributed by atoms with Gasteiger partial charge in [-0.1, -0.05) is 25.1 Å². The quantitative estimate of drug-likeness (QED) is 0.882. The van der Waals surface area contributed by atoms with Crippen molar-refractivity contribution in [1.82, 2.24) is 15.1 Å². The summed E-state index contributed by atoms with van der Waals surface area (Å²) in [6.45, 7) is 4.03. The summed E-state index contributed by atoms with van der Waals surface area (Å²) in [5.41, 5.74) is 6.95. The van der Waals surface area contributed by atoms with E-state index >= 15 is 0 Å². The molecule has 1 unspecified atom stereocenters. The largest absolute Gasteiger partial charge is 0.481 e. The standard InChI is InChI=1S/C13H18N4O2/c1-8(2)12(14)13-16-10(17-19-13)6-9-4-5-11(18-3)15-7-9/h4-5,7-8,12H,6,14H2,1-3H3. The molecule has 2 aromatic rings. The Balaban J connectivity index is 2.06. The molecule has 0 saturated carbocycles. The van der Waals surface area contributed by atoms with Crippen molar-refractivity contribution in [3.05, 3.63) is 35.6 Å². The average molecular weight is 262 g/mol. The van der Waals surface area contributed by atoms with Gasteiger partial charge in [0.15, 0.2) is 5.82 Å². The van der Waals surface area contributed by atoms with Gasteiger partial charge < -0.3 is 15.0 Å². The first-order valence-electron chi connectivity index (χ1n) is 6.17. The zero-order valence-electron chi connectivity index (χ0n) is 11.3. The molecule has 1 atom stereocenters. The number of hydrogen-bond donors (Lipinski definition) is 1. The fourth-order valence-electron chi connectivity index (χ4n) is 1.58. The topological polar surface area (TPSA) is 87.1 Å². The molecule has 0 spiro atoms. The molecule has 19 heavy (non-hydrogen) atoms. The second-order valence-electron chi connectivity index (χ2n) is 4.70. The first-order valence-corrected chi connectivity index (χ1v) is 6.17. The van der Waals surface area contributed by atoms with Gasteiger partial charge in [0.25, 0.3) is 0 Å². The van der Waals surface area contributed by atoms with Gasteiger partial charge in [-0.3, -0.25) is 0 Å². The van der Waals surface area contributed by atoms with Crippen LogP contribution < -0.4 is 10.5 Å². The first-order chi connectivity index (χ1) is 9.10. The first kappa shape index (κ1) is 13.5. The predicted molar refractivity (Wildman–Crippen MR) is 69.7 cm³/mol. The number of pyridine rings is 1. The van der Waals surface area contributed by atoms with Gasteiger partial charge in [-0.2, -0.15) is 4.98 Å². The molecule has 2 rings (SSSR count). The van der Waals surface area contributed by atoms with Gasteiger partial charge in [0, 0.05) is 18.7 Å². The lowest BCUT2D eigenvalue weighted by Crippen LogP contribution is -2.17. The Morgan fingerprint density at radius 1 is 1.37 bits per heavy atom. The Morgan fingerprint density at radius 3 is 2.74 bits per heavy atom. The number of aromatic nitrogens is 3. The third-order valence-electron chi connectivity index (χ3n) is 2.86. The molecule has 6 nitrogen and oxygen atoms in total. The molecule has 2 heterocycles. The van der Waals surface area contributed by atoms with Crippen LogP contribution in [-0.2, 0) is 6.42 Å². The Morgan fingerprint density at radius 2 is 2.16 bits per heavy atom. The molecule has 0 fully saturated rings. The number of methoxy groups -OCH3 is 1. The summed E-state index contributed by atoms with van der Waals surface area (Å²) in [6.07, 6.45) is 2.29. The second kappa shape index (κ2) is 5.79. The Labute approximate surface area is 112 Å². The highest BCUT2D eigenvalue weighted by Gasteiger charge is 2.18. The zero-order chi connectivity index (χ0) is 13.8. The minimum absolute atomic E-state index is 0.227. The highest BCUT2D eigenvalue weighted by molar-refractivity contribution is 5.20. The maximum absolute atomic E-state index is 5.96. The van der Waals surface area contributed by atoms with E-state index in [0.29, 0.717) is 24.0 Å². The van der Waals surface area contributed by atoms with Gasteiger partial charge in [0.2, 0.25) is 11.8 Å². The molecule has 0 saturated heterocycles. The molecule has 0 aliphatic carbocycles. The fourth-order valence-corrected chi connectivity index (χ4v) is 1.58. The monoisotopic (exact) mass is 262 g/mol. The van der Waals surface area contributed by atoms with Gasteiger partial charge in [0.1, 0.15) is 0 Å². The normalized spacial score (nSPS) is 12.7. The molecule has 0 aliphatic heterocycles. The molecule has 2 N–H and O–H groups in total. The Bertz CT molecular complexity index is 522. The van der Waals surface area contributed by atoms with Crippen LogP contribution in [0, 0.1) is 5.92 Å². The summed E-state index contributed by atoms with van der Waals surface area (Å²) in [5, 5.41) is 3.93. The minimum atomic E-state index is -0.227. The molecular formula is C13H18N4O2. The van der Waals surface area contributed by atoms with E-state index in [9.17, 15) is 0 Å². The fraction of sp³-hybridized carbons (Fsp3) is 0.462. The van der Waals surface area contributed by atoms with Crippen molar-refractivity contribution in [2.75, 3.05) is 7.11 Å². The van der Waals surface area contributed by atoms with E-state index in [2.05, 4.69) is 15.1 Å². The van der Waals surface area contributed by atoms with Gasteiger partial charge in [-0.25, -0.2) is 4.98 Å². The van der Waals surface area contributed by atoms with Crippen LogP contribution in [-0.4, -0.2) is 22.2 Å². The Hall–Kier alpha value is -1.95. The lowest BCUT2D eigenvalue weighted by atomic mass is 10.1. The average Bonchev–Trinajstić information content (AvgIpc) is 2.87. The molecule has 102 valence electrons.